The van der Waals surface area contributed by atoms with Crippen molar-refractivity contribution >= 4 is 28.7 Å². The summed E-state index contributed by atoms with van der Waals surface area (Å²) in [6.45, 7) is 3.38. The maximum atomic E-state index is 12.0. The molecule has 1 fully saturated rings. The average molecular weight is 278 g/mol. The summed E-state index contributed by atoms with van der Waals surface area (Å²) in [4.78, 5) is 18.0. The number of fused-ring (bicyclic) bond motifs is 1. The molecule has 0 radical (unpaired) electrons. The quantitative estimate of drug-likeness (QED) is 0.857. The molecule has 1 aromatic carbocycles. The summed E-state index contributed by atoms with van der Waals surface area (Å²) in [5.41, 5.74) is 0.690. The lowest BCUT2D eigenvalue weighted by Gasteiger charge is -2.25. The van der Waals surface area contributed by atoms with Crippen LogP contribution in [0.3, 0.4) is 0 Å². The molecule has 0 spiro atoms. The second kappa shape index (κ2) is 4.77. The van der Waals surface area contributed by atoms with E-state index in [-0.39, 0.29) is 11.3 Å². The molecule has 2 heterocycles. The molecule has 1 N–H and O–H groups in total. The molecule has 1 aliphatic rings. The first-order valence-corrected chi connectivity index (χ1v) is 7.28. The number of hydrogen-bond acceptors (Lipinski definition) is 6. The minimum Gasteiger partial charge on any atom is -0.508 e. The molecule has 0 atom stereocenters. The van der Waals surface area contributed by atoms with Gasteiger partial charge in [0.25, 0.3) is 5.56 Å². The van der Waals surface area contributed by atoms with E-state index in [0.717, 1.165) is 24.6 Å². The summed E-state index contributed by atoms with van der Waals surface area (Å²) in [5, 5.41) is 10.1. The number of nitrogens with zero attached hydrogens (tertiary/aromatic N) is 2. The van der Waals surface area contributed by atoms with Crippen molar-refractivity contribution < 1.29 is 9.52 Å². The summed E-state index contributed by atoms with van der Waals surface area (Å²) >= 11 is 1.88. The minimum atomic E-state index is -0.308. The first-order valence-electron chi connectivity index (χ1n) is 6.13. The summed E-state index contributed by atoms with van der Waals surface area (Å²) in [6, 6.07) is 3.39. The Morgan fingerprint density at radius 2 is 2.11 bits per heavy atom. The Kier molecular flexibility index (Phi) is 3.10. The molecule has 0 aliphatic carbocycles. The summed E-state index contributed by atoms with van der Waals surface area (Å²) in [7, 11) is 0. The Balaban J connectivity index is 2.17. The fraction of sp³-hybridized carbons (Fsp3) is 0.385. The van der Waals surface area contributed by atoms with Gasteiger partial charge < -0.3 is 14.4 Å². The molecule has 0 bridgehead atoms. The number of aryl methyl sites for hydroxylation is 1. The van der Waals surface area contributed by atoms with Crippen LogP contribution in [0.25, 0.3) is 11.0 Å². The Labute approximate surface area is 114 Å². The van der Waals surface area contributed by atoms with Gasteiger partial charge in [0, 0.05) is 30.2 Å². The van der Waals surface area contributed by atoms with Gasteiger partial charge in [-0.05, 0) is 19.1 Å². The van der Waals surface area contributed by atoms with Crippen LogP contribution in [-0.2, 0) is 0 Å². The fourth-order valence-corrected chi connectivity index (χ4v) is 3.04. The van der Waals surface area contributed by atoms with Crippen LogP contribution in [0.5, 0.6) is 5.75 Å². The van der Waals surface area contributed by atoms with E-state index in [0.29, 0.717) is 22.5 Å². The van der Waals surface area contributed by atoms with Crippen LogP contribution in [0.1, 0.15) is 5.56 Å². The van der Waals surface area contributed by atoms with Crippen LogP contribution in [0, 0.1) is 6.92 Å². The normalized spacial score (nSPS) is 15.9. The van der Waals surface area contributed by atoms with Crippen molar-refractivity contribution in [2.75, 3.05) is 29.5 Å². The van der Waals surface area contributed by atoms with Gasteiger partial charge in [-0.15, -0.1) is 0 Å². The van der Waals surface area contributed by atoms with Crippen LogP contribution in [0.2, 0.25) is 0 Å². The van der Waals surface area contributed by atoms with Gasteiger partial charge in [0.1, 0.15) is 5.75 Å². The summed E-state index contributed by atoms with van der Waals surface area (Å²) in [5.74, 6) is 2.13. The van der Waals surface area contributed by atoms with Crippen LogP contribution < -0.4 is 10.5 Å². The van der Waals surface area contributed by atoms with Crippen LogP contribution in [-0.4, -0.2) is 34.7 Å². The first-order chi connectivity index (χ1) is 9.16. The van der Waals surface area contributed by atoms with Crippen LogP contribution >= 0.6 is 11.8 Å². The lowest BCUT2D eigenvalue weighted by atomic mass is 10.1. The zero-order chi connectivity index (χ0) is 13.4. The predicted octanol–water partition coefficient (Wildman–Crippen LogP) is 1.76. The maximum absolute atomic E-state index is 12.0. The van der Waals surface area contributed by atoms with E-state index >= 15 is 0 Å². The van der Waals surface area contributed by atoms with E-state index in [1.54, 1.807) is 13.0 Å². The maximum Gasteiger partial charge on any atom is 0.301 e. The van der Waals surface area contributed by atoms with Crippen molar-refractivity contribution in [1.82, 2.24) is 4.98 Å². The Hall–Kier alpha value is -1.69. The average Bonchev–Trinajstić information content (AvgIpc) is 2.44. The number of hydrogen-bond donors (Lipinski definition) is 1. The number of aromatic hydroxyl groups is 1. The third kappa shape index (κ3) is 2.16. The number of anilines is 1. The molecular weight excluding hydrogens is 264 g/mol. The van der Waals surface area contributed by atoms with Crippen LogP contribution in [0.4, 0.5) is 6.01 Å². The SMILES string of the molecule is Cc1c(O)ccc2c(=O)nc(N3CCSCC3)oc12. The number of aromatic nitrogens is 1. The largest absolute Gasteiger partial charge is 0.508 e. The highest BCUT2D eigenvalue weighted by atomic mass is 32.2. The number of phenols is 1. The molecule has 1 aliphatic heterocycles. The van der Waals surface area contributed by atoms with Gasteiger partial charge in [-0.25, -0.2) is 0 Å². The van der Waals surface area contributed by atoms with Gasteiger partial charge in [-0.1, -0.05) is 0 Å². The number of phenolic OH excluding ortho intramolecular Hbond substituents is 1. The van der Waals surface area contributed by atoms with E-state index in [2.05, 4.69) is 4.98 Å². The van der Waals surface area contributed by atoms with Gasteiger partial charge in [0.05, 0.1) is 5.39 Å². The highest BCUT2D eigenvalue weighted by Crippen LogP contribution is 2.27. The van der Waals surface area contributed by atoms with Crippen molar-refractivity contribution in [2.24, 2.45) is 0 Å². The Bertz CT molecular complexity index is 677. The van der Waals surface area contributed by atoms with E-state index in [9.17, 15) is 9.90 Å². The summed E-state index contributed by atoms with van der Waals surface area (Å²) in [6.07, 6.45) is 0. The third-order valence-electron chi connectivity index (χ3n) is 3.28. The number of thioether (sulfide) groups is 1. The zero-order valence-corrected chi connectivity index (χ0v) is 11.4. The highest BCUT2D eigenvalue weighted by molar-refractivity contribution is 7.99. The van der Waals surface area contributed by atoms with Crippen molar-refractivity contribution in [3.05, 3.63) is 28.0 Å². The van der Waals surface area contributed by atoms with E-state index in [1.807, 2.05) is 16.7 Å². The fourth-order valence-electron chi connectivity index (χ4n) is 2.13. The Morgan fingerprint density at radius 3 is 2.84 bits per heavy atom. The zero-order valence-electron chi connectivity index (χ0n) is 10.5. The summed E-state index contributed by atoms with van der Waals surface area (Å²) < 4.78 is 5.74. The molecule has 0 amide bonds. The standard InChI is InChI=1S/C13H14N2O3S/c1-8-10(16)3-2-9-11(8)18-13(14-12(9)17)15-4-6-19-7-5-15/h2-3,16H,4-7H2,1H3. The van der Waals surface area contributed by atoms with Gasteiger partial charge in [-0.3, -0.25) is 4.79 Å². The molecule has 19 heavy (non-hydrogen) atoms. The van der Waals surface area contributed by atoms with Crippen molar-refractivity contribution in [3.8, 4) is 5.75 Å². The highest BCUT2D eigenvalue weighted by Gasteiger charge is 2.18. The molecule has 0 saturated carbocycles. The molecule has 0 unspecified atom stereocenters. The lowest BCUT2D eigenvalue weighted by molar-refractivity contribution is 0.468. The van der Waals surface area contributed by atoms with E-state index in [1.165, 1.54) is 6.07 Å². The van der Waals surface area contributed by atoms with Crippen LogP contribution in [0.15, 0.2) is 21.3 Å². The molecule has 1 saturated heterocycles. The third-order valence-corrected chi connectivity index (χ3v) is 4.22. The van der Waals surface area contributed by atoms with E-state index < -0.39 is 0 Å². The second-order valence-electron chi connectivity index (χ2n) is 4.49. The van der Waals surface area contributed by atoms with Crippen molar-refractivity contribution in [2.45, 2.75) is 6.92 Å². The van der Waals surface area contributed by atoms with Crippen molar-refractivity contribution in [3.63, 3.8) is 0 Å². The molecule has 100 valence electrons. The molecule has 1 aromatic heterocycles. The van der Waals surface area contributed by atoms with Gasteiger partial charge in [0.2, 0.25) is 0 Å². The molecule has 5 nitrogen and oxygen atoms in total. The van der Waals surface area contributed by atoms with Gasteiger partial charge >= 0.3 is 6.01 Å². The molecule has 2 aromatic rings. The number of benzene rings is 1. The Morgan fingerprint density at radius 1 is 1.37 bits per heavy atom. The minimum absolute atomic E-state index is 0.127. The van der Waals surface area contributed by atoms with Crippen molar-refractivity contribution in [1.29, 1.82) is 0 Å². The van der Waals surface area contributed by atoms with E-state index in [4.69, 9.17) is 4.42 Å². The molecule has 6 heteroatoms. The second-order valence-corrected chi connectivity index (χ2v) is 5.71. The molecular formula is C13H14N2O3S. The smallest absolute Gasteiger partial charge is 0.301 e. The van der Waals surface area contributed by atoms with Gasteiger partial charge in [-0.2, -0.15) is 16.7 Å². The monoisotopic (exact) mass is 278 g/mol. The molecule has 3 rings (SSSR count). The lowest BCUT2D eigenvalue weighted by Crippen LogP contribution is -2.34. The van der Waals surface area contributed by atoms with Gasteiger partial charge in [0.15, 0.2) is 5.58 Å². The number of rotatable bonds is 1. The predicted molar refractivity (Wildman–Crippen MR) is 76.2 cm³/mol. The first kappa shape index (κ1) is 12.3. The topological polar surface area (TPSA) is 66.6 Å².